The summed E-state index contributed by atoms with van der Waals surface area (Å²) in [7, 11) is 0. The lowest BCUT2D eigenvalue weighted by Gasteiger charge is -2.54. The number of nitrogens with two attached hydrogens (primary N) is 1. The van der Waals surface area contributed by atoms with Crippen LogP contribution in [0.3, 0.4) is 0 Å². The van der Waals surface area contributed by atoms with Gasteiger partial charge in [0.2, 0.25) is 11.8 Å². The molecule has 1 aliphatic heterocycles. The Kier molecular flexibility index (Phi) is 5.02. The van der Waals surface area contributed by atoms with Crippen LogP contribution in [0, 0.1) is 11.3 Å². The molecule has 10 heteroatoms. The molecule has 10 nitrogen and oxygen atoms in total. The number of hydrogen-bond acceptors (Lipinski definition) is 6. The smallest absolute Gasteiger partial charge is 0.326 e. The van der Waals surface area contributed by atoms with Gasteiger partial charge in [-0.15, -0.1) is 0 Å². The number of benzene rings is 1. The number of fused-ring (bicyclic) bond motifs is 2. The van der Waals surface area contributed by atoms with Crippen LogP contribution < -0.4 is 5.73 Å². The van der Waals surface area contributed by atoms with E-state index in [1.807, 2.05) is 30.3 Å². The summed E-state index contributed by atoms with van der Waals surface area (Å²) in [5.41, 5.74) is 5.77. The topological polar surface area (TPSA) is 148 Å². The molecule has 190 valence electrons. The molecule has 3 heterocycles. The SMILES string of the molecule is CC(=O)c1nn(CC(=O)N2[C@H](C(=O)O)C[C@H]3C[C@@]32C2(C(N)=O)CC(c3ccccc3)C2)c2ncccc12. The number of pyridine rings is 1. The minimum absolute atomic E-state index is 0.109. The van der Waals surface area contributed by atoms with Gasteiger partial charge in [0.05, 0.1) is 16.3 Å². The van der Waals surface area contributed by atoms with E-state index in [9.17, 15) is 24.3 Å². The zero-order valence-corrected chi connectivity index (χ0v) is 20.3. The molecule has 0 spiro atoms. The van der Waals surface area contributed by atoms with Crippen LogP contribution >= 0.6 is 0 Å². The highest BCUT2D eigenvalue weighted by atomic mass is 16.4. The summed E-state index contributed by atoms with van der Waals surface area (Å²) >= 11 is 0. The number of nitrogens with zero attached hydrogens (tertiary/aromatic N) is 4. The van der Waals surface area contributed by atoms with Crippen LogP contribution in [-0.4, -0.2) is 59.9 Å². The summed E-state index contributed by atoms with van der Waals surface area (Å²) in [4.78, 5) is 57.1. The van der Waals surface area contributed by atoms with E-state index in [4.69, 9.17) is 5.73 Å². The molecule has 3 aliphatic rings. The van der Waals surface area contributed by atoms with Gasteiger partial charge in [0, 0.05) is 13.1 Å². The van der Waals surface area contributed by atoms with E-state index in [1.54, 1.807) is 18.3 Å². The minimum Gasteiger partial charge on any atom is -0.480 e. The molecule has 0 radical (unpaired) electrons. The predicted molar refractivity (Wildman–Crippen MR) is 131 cm³/mol. The lowest BCUT2D eigenvalue weighted by molar-refractivity contribution is -0.161. The Morgan fingerprint density at radius 1 is 1.08 bits per heavy atom. The molecule has 1 saturated heterocycles. The standard InChI is InChI=1S/C27H27N5O5/c1-15(33)22-19-8-5-9-29-23(19)31(30-22)14-21(34)32-20(24(35)36)10-18-13-27(18,32)26(25(28)37)11-17(12-26)16-6-3-2-4-7-16/h2-9,17-18,20H,10-14H2,1H3,(H2,28,37)(H,35,36)/t17?,18-,20-,26?,27-/m0/s1. The van der Waals surface area contributed by atoms with Crippen molar-refractivity contribution in [3.63, 3.8) is 0 Å². The van der Waals surface area contributed by atoms with Crippen LogP contribution in [0.1, 0.15) is 54.6 Å². The van der Waals surface area contributed by atoms with Crippen LogP contribution in [0.25, 0.3) is 11.0 Å². The van der Waals surface area contributed by atoms with E-state index >= 15 is 0 Å². The van der Waals surface area contributed by atoms with E-state index in [-0.39, 0.29) is 36.3 Å². The van der Waals surface area contributed by atoms with Crippen molar-refractivity contribution in [1.82, 2.24) is 19.7 Å². The lowest BCUT2D eigenvalue weighted by atomic mass is 9.54. The molecule has 3 aromatic rings. The number of carboxylic acid groups (broad SMARTS) is 1. The number of primary amides is 1. The third-order valence-electron chi connectivity index (χ3n) is 8.76. The second kappa shape index (κ2) is 7.96. The Morgan fingerprint density at radius 3 is 2.46 bits per heavy atom. The van der Waals surface area contributed by atoms with Crippen LogP contribution in [0.2, 0.25) is 0 Å². The lowest BCUT2D eigenvalue weighted by Crippen LogP contribution is -2.64. The summed E-state index contributed by atoms with van der Waals surface area (Å²) < 4.78 is 1.35. The molecule has 6 rings (SSSR count). The van der Waals surface area contributed by atoms with Gasteiger partial charge in [0.15, 0.2) is 11.4 Å². The van der Waals surface area contributed by atoms with E-state index in [1.165, 1.54) is 16.5 Å². The minimum atomic E-state index is -1.11. The first-order chi connectivity index (χ1) is 17.7. The maximum Gasteiger partial charge on any atom is 0.326 e. The predicted octanol–water partition coefficient (Wildman–Crippen LogP) is 2.13. The van der Waals surface area contributed by atoms with Gasteiger partial charge < -0.3 is 15.7 Å². The molecular weight excluding hydrogens is 474 g/mol. The number of ketones is 1. The number of aliphatic carboxylic acids is 1. The Morgan fingerprint density at radius 2 is 1.81 bits per heavy atom. The van der Waals surface area contributed by atoms with E-state index < -0.39 is 34.8 Å². The third kappa shape index (κ3) is 3.17. The van der Waals surface area contributed by atoms with Gasteiger partial charge in [-0.3, -0.25) is 14.4 Å². The average Bonchev–Trinajstić information content (AvgIpc) is 3.26. The maximum atomic E-state index is 13.9. The Balaban J connectivity index is 1.36. The normalized spacial score (nSPS) is 30.0. The third-order valence-corrected chi connectivity index (χ3v) is 8.76. The van der Waals surface area contributed by atoms with Gasteiger partial charge in [0.25, 0.3) is 0 Å². The first-order valence-electron chi connectivity index (χ1n) is 12.4. The van der Waals surface area contributed by atoms with Crippen LogP contribution in [0.4, 0.5) is 0 Å². The van der Waals surface area contributed by atoms with Gasteiger partial charge in [0.1, 0.15) is 18.3 Å². The fraction of sp³-hybridized carbons (Fsp3) is 0.407. The number of hydrogen-bond donors (Lipinski definition) is 2. The number of carbonyl (C=O) groups excluding carboxylic acids is 3. The second-order valence-electron chi connectivity index (χ2n) is 10.6. The van der Waals surface area contributed by atoms with E-state index in [0.29, 0.717) is 30.3 Å². The van der Waals surface area contributed by atoms with Gasteiger partial charge in [-0.05, 0) is 55.2 Å². The Hall–Kier alpha value is -4.08. The first-order valence-corrected chi connectivity index (χ1v) is 12.4. The number of piperidine rings is 1. The van der Waals surface area contributed by atoms with Crippen molar-refractivity contribution in [2.24, 2.45) is 17.1 Å². The monoisotopic (exact) mass is 501 g/mol. The summed E-state index contributed by atoms with van der Waals surface area (Å²) in [6.07, 6.45) is 3.31. The summed E-state index contributed by atoms with van der Waals surface area (Å²) in [5, 5.41) is 14.9. The maximum absolute atomic E-state index is 13.9. The van der Waals surface area contributed by atoms with E-state index in [2.05, 4.69) is 10.1 Å². The summed E-state index contributed by atoms with van der Waals surface area (Å²) in [6.45, 7) is 1.10. The highest BCUT2D eigenvalue weighted by Crippen LogP contribution is 2.73. The Labute approximate surface area is 212 Å². The van der Waals surface area contributed by atoms with Gasteiger partial charge in [-0.1, -0.05) is 30.3 Å². The first kappa shape index (κ1) is 23.3. The fourth-order valence-electron chi connectivity index (χ4n) is 7.06. The Bertz CT molecular complexity index is 1460. The number of carbonyl (C=O) groups is 4. The zero-order chi connectivity index (χ0) is 26.1. The number of rotatable bonds is 7. The van der Waals surface area contributed by atoms with Gasteiger partial charge in [-0.25, -0.2) is 14.5 Å². The summed E-state index contributed by atoms with van der Waals surface area (Å²) in [6, 6.07) is 12.2. The van der Waals surface area contributed by atoms with Gasteiger partial charge in [-0.2, -0.15) is 5.10 Å². The van der Waals surface area contributed by atoms with Crippen molar-refractivity contribution in [2.45, 2.75) is 56.7 Å². The summed E-state index contributed by atoms with van der Waals surface area (Å²) in [5.74, 6) is -2.32. The van der Waals surface area contributed by atoms with Crippen molar-refractivity contribution in [2.75, 3.05) is 0 Å². The largest absolute Gasteiger partial charge is 0.480 e. The molecule has 3 fully saturated rings. The molecule has 3 N–H and O–H groups in total. The van der Waals surface area contributed by atoms with Crippen molar-refractivity contribution in [1.29, 1.82) is 0 Å². The van der Waals surface area contributed by atoms with Crippen molar-refractivity contribution in [3.8, 4) is 0 Å². The molecule has 2 aliphatic carbocycles. The van der Waals surface area contributed by atoms with Crippen LogP contribution in [-0.2, 0) is 20.9 Å². The quantitative estimate of drug-likeness (QED) is 0.471. The van der Waals surface area contributed by atoms with Crippen LogP contribution in [0.5, 0.6) is 0 Å². The van der Waals surface area contributed by atoms with Crippen molar-refractivity contribution < 1.29 is 24.3 Å². The van der Waals surface area contributed by atoms with Crippen molar-refractivity contribution >= 4 is 34.6 Å². The number of amides is 2. The van der Waals surface area contributed by atoms with Gasteiger partial charge >= 0.3 is 5.97 Å². The molecule has 1 aromatic carbocycles. The molecule has 2 saturated carbocycles. The highest BCUT2D eigenvalue weighted by molar-refractivity contribution is 6.04. The molecule has 2 amide bonds. The molecule has 0 unspecified atom stereocenters. The molecule has 0 bridgehead atoms. The number of likely N-dealkylation sites (tertiary alicyclic amines) is 1. The fourth-order valence-corrected chi connectivity index (χ4v) is 7.06. The molecule has 2 aromatic heterocycles. The van der Waals surface area contributed by atoms with Crippen molar-refractivity contribution in [3.05, 3.63) is 59.9 Å². The second-order valence-corrected chi connectivity index (χ2v) is 10.6. The number of Topliss-reactive ketones (excluding diaryl/α,β-unsaturated/α-hetero) is 1. The molecular formula is C27H27N5O5. The molecule has 3 atom stereocenters. The number of aromatic nitrogens is 3. The van der Waals surface area contributed by atoms with Crippen LogP contribution in [0.15, 0.2) is 48.7 Å². The average molecular weight is 502 g/mol. The van der Waals surface area contributed by atoms with E-state index in [0.717, 1.165) is 5.56 Å². The highest BCUT2D eigenvalue weighted by Gasteiger charge is 2.80. The zero-order valence-electron chi connectivity index (χ0n) is 20.3. The molecule has 37 heavy (non-hydrogen) atoms. The number of carboxylic acids is 1.